The molecule has 6 atom stereocenters. The molecule has 4 rings (SSSR count). The zero-order valence-electron chi connectivity index (χ0n) is 21.3. The lowest BCUT2D eigenvalue weighted by atomic mass is 9.78. The number of likely N-dealkylation sites (N-methyl/N-ethyl adjacent to an activating group) is 1. The number of carbonyl (C=O) groups excluding carboxylic acids is 2. The number of fused-ring (bicyclic) bond motifs is 1. The van der Waals surface area contributed by atoms with Gasteiger partial charge in [0.05, 0.1) is 18.5 Å². The van der Waals surface area contributed by atoms with Gasteiger partial charge in [-0.2, -0.15) is 12.7 Å². The Bertz CT molecular complexity index is 1050. The van der Waals surface area contributed by atoms with Crippen LogP contribution in [0.4, 0.5) is 0 Å². The van der Waals surface area contributed by atoms with E-state index in [1.165, 1.54) is 21.0 Å². The summed E-state index contributed by atoms with van der Waals surface area (Å²) >= 11 is 1.46. The zero-order chi connectivity index (χ0) is 26.9. The quantitative estimate of drug-likeness (QED) is 0.151. The maximum absolute atomic E-state index is 13.0. The summed E-state index contributed by atoms with van der Waals surface area (Å²) in [6.07, 6.45) is 0.663. The molecule has 15 heteroatoms. The number of rotatable bonds is 11. The predicted octanol–water partition coefficient (Wildman–Crippen LogP) is -2.31. The van der Waals surface area contributed by atoms with Gasteiger partial charge in [0.2, 0.25) is 11.8 Å². The van der Waals surface area contributed by atoms with E-state index < -0.39 is 28.1 Å². The van der Waals surface area contributed by atoms with E-state index >= 15 is 0 Å². The number of carboxylic acid groups (broad SMARTS) is 1. The Balaban J connectivity index is 1.36. The van der Waals surface area contributed by atoms with Crippen molar-refractivity contribution in [1.29, 1.82) is 0 Å². The average molecular weight is 560 g/mol. The van der Waals surface area contributed by atoms with E-state index in [0.29, 0.717) is 44.0 Å². The number of nitrogens with one attached hydrogen (secondary N) is 5. The molecule has 3 fully saturated rings. The highest BCUT2D eigenvalue weighted by atomic mass is 32.2. The lowest BCUT2D eigenvalue weighted by Crippen LogP contribution is -2.66. The molecule has 0 bridgehead atoms. The lowest BCUT2D eigenvalue weighted by Gasteiger charge is -2.47. The molecule has 4 aliphatic rings. The molecule has 0 radical (unpaired) electrons. The second-order valence-corrected chi connectivity index (χ2v) is 13.1. The molecule has 0 aromatic carbocycles. The number of aliphatic carboxylic acids is 1. The number of thioether (sulfide) groups is 1. The Morgan fingerprint density at radius 3 is 2.62 bits per heavy atom. The number of carboxylic acids is 1. The van der Waals surface area contributed by atoms with Crippen LogP contribution in [-0.2, 0) is 24.6 Å². The Morgan fingerprint density at radius 1 is 1.27 bits per heavy atom. The molecule has 6 N–H and O–H groups in total. The van der Waals surface area contributed by atoms with Crippen LogP contribution >= 0.6 is 11.8 Å². The molecular weight excluding hydrogens is 522 g/mol. The van der Waals surface area contributed by atoms with E-state index in [2.05, 4.69) is 26.0 Å². The van der Waals surface area contributed by atoms with Gasteiger partial charge in [0.25, 0.3) is 10.2 Å². The number of nitrogens with zero attached hydrogens (tertiary/aromatic N) is 2. The minimum Gasteiger partial charge on any atom is -0.477 e. The van der Waals surface area contributed by atoms with Crippen molar-refractivity contribution in [3.8, 4) is 0 Å². The van der Waals surface area contributed by atoms with Gasteiger partial charge in [-0.15, -0.1) is 11.8 Å². The van der Waals surface area contributed by atoms with Crippen LogP contribution in [0, 0.1) is 11.8 Å². The van der Waals surface area contributed by atoms with E-state index in [0.717, 1.165) is 0 Å². The summed E-state index contributed by atoms with van der Waals surface area (Å²) in [7, 11) is -1.88. The van der Waals surface area contributed by atoms with Crippen LogP contribution in [0.25, 0.3) is 0 Å². The van der Waals surface area contributed by atoms with E-state index in [-0.39, 0.29) is 53.9 Å². The van der Waals surface area contributed by atoms with Crippen LogP contribution in [0.1, 0.15) is 20.3 Å². The summed E-state index contributed by atoms with van der Waals surface area (Å²) < 4.78 is 29.3. The number of hydrogen-bond donors (Lipinski definition) is 6. The van der Waals surface area contributed by atoms with Crippen molar-refractivity contribution in [2.24, 2.45) is 11.8 Å². The number of piperazine rings is 1. The average Bonchev–Trinajstić information content (AvgIpc) is 3.39. The SMILES string of the molecule is CNCC(=O)N[C@H](C)[C@H]1C(=O)N2C(C(=O)O)=C(S[C@@H]3CN[C@H](CNS(=O)(=O)N4CCNCC4)C3)[C@H](C)[C@H]12. The van der Waals surface area contributed by atoms with Crippen molar-refractivity contribution < 1.29 is 27.9 Å². The molecule has 0 aromatic heterocycles. The smallest absolute Gasteiger partial charge is 0.353 e. The third kappa shape index (κ3) is 5.82. The van der Waals surface area contributed by atoms with Crippen molar-refractivity contribution in [3.05, 3.63) is 10.6 Å². The molecule has 13 nitrogen and oxygen atoms in total. The highest BCUT2D eigenvalue weighted by molar-refractivity contribution is 8.03. The number of amides is 2. The lowest BCUT2D eigenvalue weighted by molar-refractivity contribution is -0.158. The Labute approximate surface area is 221 Å². The fourth-order valence-corrected chi connectivity index (χ4v) is 8.42. The van der Waals surface area contributed by atoms with E-state index in [4.69, 9.17) is 0 Å². The standard InChI is InChI=1S/C22H37N7O6S2/c1-12-18-17(13(2)27-16(30)11-23-3)21(31)29(18)19(22(32)33)20(12)36-15-8-14(25-10-15)9-26-37(34,35)28-6-4-24-5-7-28/h12-15,17-18,23-26H,4-11H2,1-3H3,(H,27,30)(H,32,33)/t12-,13-,14+,15+,17-,18-/m1/s1. The van der Waals surface area contributed by atoms with Crippen molar-refractivity contribution in [1.82, 2.24) is 35.2 Å². The second kappa shape index (κ2) is 11.6. The molecule has 4 heterocycles. The van der Waals surface area contributed by atoms with Crippen molar-refractivity contribution in [3.63, 3.8) is 0 Å². The van der Waals surface area contributed by atoms with Crippen molar-refractivity contribution >= 4 is 39.8 Å². The summed E-state index contributed by atoms with van der Waals surface area (Å²) in [6.45, 7) is 6.82. The predicted molar refractivity (Wildman–Crippen MR) is 139 cm³/mol. The molecular formula is C22H37N7O6S2. The Morgan fingerprint density at radius 2 is 1.97 bits per heavy atom. The minimum absolute atomic E-state index is 0.0281. The first kappa shape index (κ1) is 28.3. The molecule has 4 aliphatic heterocycles. The van der Waals surface area contributed by atoms with Crippen LogP contribution in [0.3, 0.4) is 0 Å². The van der Waals surface area contributed by atoms with Gasteiger partial charge in [0.15, 0.2) is 0 Å². The fourth-order valence-electron chi connectivity index (χ4n) is 5.64. The third-order valence-electron chi connectivity index (χ3n) is 7.46. The van der Waals surface area contributed by atoms with Crippen molar-refractivity contribution in [2.75, 3.05) is 52.9 Å². The second-order valence-electron chi connectivity index (χ2n) is 10.0. The first-order chi connectivity index (χ1) is 17.5. The van der Waals surface area contributed by atoms with Crippen LogP contribution in [0.15, 0.2) is 10.6 Å². The maximum Gasteiger partial charge on any atom is 0.353 e. The molecule has 2 amide bonds. The van der Waals surface area contributed by atoms with Gasteiger partial charge in [-0.05, 0) is 20.4 Å². The number of β-lactam (4-membered cyclic amide) rings is 1. The van der Waals surface area contributed by atoms with Crippen LogP contribution in [-0.4, -0.2) is 117 Å². The minimum atomic E-state index is -3.55. The van der Waals surface area contributed by atoms with Crippen LogP contribution in [0.5, 0.6) is 0 Å². The van der Waals surface area contributed by atoms with Gasteiger partial charge in [-0.1, -0.05) is 6.92 Å². The summed E-state index contributed by atoms with van der Waals surface area (Å²) in [6, 6.07) is -0.811. The van der Waals surface area contributed by atoms with Gasteiger partial charge >= 0.3 is 5.97 Å². The normalized spacial score (nSPS) is 31.3. The topological polar surface area (TPSA) is 172 Å². The molecule has 0 spiro atoms. The molecule has 0 saturated carbocycles. The van der Waals surface area contributed by atoms with Gasteiger partial charge in [-0.3, -0.25) is 9.59 Å². The maximum atomic E-state index is 13.0. The number of hydrogen-bond acceptors (Lipinski definition) is 9. The zero-order valence-corrected chi connectivity index (χ0v) is 23.0. The van der Waals surface area contributed by atoms with Gasteiger partial charge in [-0.25, -0.2) is 9.52 Å². The summed E-state index contributed by atoms with van der Waals surface area (Å²) in [4.78, 5) is 39.2. The first-order valence-electron chi connectivity index (χ1n) is 12.6. The van der Waals surface area contributed by atoms with E-state index in [1.807, 2.05) is 6.92 Å². The first-order valence-corrected chi connectivity index (χ1v) is 15.0. The molecule has 208 valence electrons. The molecule has 3 saturated heterocycles. The fraction of sp³-hybridized carbons (Fsp3) is 0.773. The summed E-state index contributed by atoms with van der Waals surface area (Å²) in [5.74, 6) is -2.32. The Hall–Kier alpha value is -1.75. The summed E-state index contributed by atoms with van der Waals surface area (Å²) in [5, 5.41) is 22.1. The van der Waals surface area contributed by atoms with Gasteiger partial charge < -0.3 is 31.3 Å². The molecule has 0 aliphatic carbocycles. The van der Waals surface area contributed by atoms with Gasteiger partial charge in [0.1, 0.15) is 5.70 Å². The highest BCUT2D eigenvalue weighted by Crippen LogP contribution is 2.51. The summed E-state index contributed by atoms with van der Waals surface area (Å²) in [5.41, 5.74) is 0.0281. The Kier molecular flexibility index (Phi) is 8.82. The van der Waals surface area contributed by atoms with E-state index in [1.54, 1.807) is 14.0 Å². The number of carbonyl (C=O) groups is 3. The van der Waals surface area contributed by atoms with Crippen LogP contribution in [0.2, 0.25) is 0 Å². The van der Waals surface area contributed by atoms with E-state index in [9.17, 15) is 27.9 Å². The van der Waals surface area contributed by atoms with Gasteiger partial charge in [0, 0.05) is 67.4 Å². The molecule has 0 unspecified atom stereocenters. The molecule has 0 aromatic rings. The third-order valence-corrected chi connectivity index (χ3v) is 10.5. The molecule has 37 heavy (non-hydrogen) atoms. The monoisotopic (exact) mass is 559 g/mol. The largest absolute Gasteiger partial charge is 0.477 e. The van der Waals surface area contributed by atoms with Crippen molar-refractivity contribution in [2.45, 2.75) is 43.6 Å². The highest BCUT2D eigenvalue weighted by Gasteiger charge is 2.60. The van der Waals surface area contributed by atoms with Crippen LogP contribution < -0.4 is 26.0 Å².